The number of aromatic nitrogens is 4. The highest BCUT2D eigenvalue weighted by Crippen LogP contribution is 2.31. The Bertz CT molecular complexity index is 797. The summed E-state index contributed by atoms with van der Waals surface area (Å²) in [5.41, 5.74) is 7.27. The number of nitrogens with two attached hydrogens (primary N) is 1. The molecule has 7 heteroatoms. The number of nitrogens with one attached hydrogen (secondary N) is 1. The molecule has 0 aliphatic carbocycles. The van der Waals surface area contributed by atoms with E-state index in [-0.39, 0.29) is 5.56 Å². The van der Waals surface area contributed by atoms with E-state index in [2.05, 4.69) is 15.1 Å². The number of aryl methyl sites for hydroxylation is 2. The van der Waals surface area contributed by atoms with Crippen molar-refractivity contribution in [3.05, 3.63) is 33.7 Å². The van der Waals surface area contributed by atoms with Crippen LogP contribution in [-0.4, -0.2) is 19.6 Å². The number of anilines is 1. The first-order valence-electron chi connectivity index (χ1n) is 5.37. The van der Waals surface area contributed by atoms with Gasteiger partial charge in [-0.15, -0.1) is 11.3 Å². The number of hydrogen-bond acceptors (Lipinski definition) is 5. The summed E-state index contributed by atoms with van der Waals surface area (Å²) in [6, 6.07) is 3.35. The molecule has 6 nitrogen and oxygen atoms in total. The van der Waals surface area contributed by atoms with Crippen molar-refractivity contribution in [1.29, 1.82) is 0 Å². The van der Waals surface area contributed by atoms with E-state index in [4.69, 9.17) is 5.73 Å². The highest BCUT2D eigenvalue weighted by molar-refractivity contribution is 7.19. The number of nitrogens with zero attached hydrogens (tertiary/aromatic N) is 3. The van der Waals surface area contributed by atoms with E-state index in [0.29, 0.717) is 17.3 Å². The number of aromatic amines is 1. The van der Waals surface area contributed by atoms with Crippen molar-refractivity contribution in [2.45, 2.75) is 13.8 Å². The van der Waals surface area contributed by atoms with Crippen LogP contribution in [0.1, 0.15) is 11.3 Å². The normalized spacial score (nSPS) is 11.2. The minimum absolute atomic E-state index is 0.168. The third kappa shape index (κ3) is 1.60. The van der Waals surface area contributed by atoms with Gasteiger partial charge in [0.05, 0.1) is 9.88 Å². The van der Waals surface area contributed by atoms with Crippen molar-refractivity contribution in [1.82, 2.24) is 19.6 Å². The Hall–Kier alpha value is -2.15. The molecule has 0 aromatic carbocycles. The van der Waals surface area contributed by atoms with Crippen LogP contribution in [0.25, 0.3) is 16.5 Å². The Morgan fingerprint density at radius 2 is 2.11 bits per heavy atom. The first-order valence-corrected chi connectivity index (χ1v) is 6.19. The third-order valence-corrected chi connectivity index (χ3v) is 3.68. The summed E-state index contributed by atoms with van der Waals surface area (Å²) in [6.07, 6.45) is 0. The molecule has 0 amide bonds. The Morgan fingerprint density at radius 3 is 2.78 bits per heavy atom. The van der Waals surface area contributed by atoms with E-state index in [1.807, 2.05) is 13.0 Å². The van der Waals surface area contributed by atoms with Crippen LogP contribution in [0.3, 0.4) is 0 Å². The van der Waals surface area contributed by atoms with E-state index in [1.165, 1.54) is 21.9 Å². The molecule has 0 saturated heterocycles. The molecule has 3 aromatic rings. The summed E-state index contributed by atoms with van der Waals surface area (Å²) in [6.45, 7) is 3.72. The smallest absolute Gasteiger partial charge is 0.274 e. The maximum Gasteiger partial charge on any atom is 0.274 e. The maximum absolute atomic E-state index is 11.8. The van der Waals surface area contributed by atoms with Gasteiger partial charge >= 0.3 is 0 Å². The van der Waals surface area contributed by atoms with E-state index in [9.17, 15) is 4.79 Å². The number of rotatable bonds is 1. The van der Waals surface area contributed by atoms with Gasteiger partial charge in [-0.1, -0.05) is 0 Å². The zero-order valence-electron chi connectivity index (χ0n) is 9.89. The van der Waals surface area contributed by atoms with Crippen LogP contribution in [0.15, 0.2) is 16.9 Å². The number of H-pyrrole nitrogens is 1. The van der Waals surface area contributed by atoms with E-state index < -0.39 is 0 Å². The quantitative estimate of drug-likeness (QED) is 0.692. The molecular weight excluding hydrogens is 250 g/mol. The molecule has 0 aliphatic rings. The zero-order chi connectivity index (χ0) is 12.9. The van der Waals surface area contributed by atoms with Gasteiger partial charge in [0, 0.05) is 11.8 Å². The Morgan fingerprint density at radius 1 is 1.33 bits per heavy atom. The molecule has 0 radical (unpaired) electrons. The van der Waals surface area contributed by atoms with Gasteiger partial charge in [0.15, 0.2) is 5.82 Å². The van der Waals surface area contributed by atoms with Gasteiger partial charge in [-0.25, -0.2) is 4.98 Å². The molecule has 3 N–H and O–H groups in total. The minimum atomic E-state index is -0.168. The van der Waals surface area contributed by atoms with Crippen LogP contribution in [0.5, 0.6) is 0 Å². The number of hydrogen-bond donors (Lipinski definition) is 2. The molecule has 3 aromatic heterocycles. The number of nitrogen functional groups attached to an aromatic ring is 1. The van der Waals surface area contributed by atoms with Gasteiger partial charge in [0.25, 0.3) is 11.3 Å². The minimum Gasteiger partial charge on any atom is -0.391 e. The number of thiophene rings is 1. The third-order valence-electron chi connectivity index (χ3n) is 2.61. The Labute approximate surface area is 106 Å². The fourth-order valence-electron chi connectivity index (χ4n) is 1.84. The molecule has 0 bridgehead atoms. The van der Waals surface area contributed by atoms with E-state index in [0.717, 1.165) is 15.4 Å². The lowest BCUT2D eigenvalue weighted by Crippen LogP contribution is -2.14. The lowest BCUT2D eigenvalue weighted by Gasteiger charge is -1.91. The second-order valence-electron chi connectivity index (χ2n) is 4.10. The summed E-state index contributed by atoms with van der Waals surface area (Å²) < 4.78 is 1.33. The summed E-state index contributed by atoms with van der Waals surface area (Å²) in [4.78, 5) is 21.2. The molecular formula is C11H11N5OS. The molecule has 0 spiro atoms. The fourth-order valence-corrected chi connectivity index (χ4v) is 2.72. The van der Waals surface area contributed by atoms with Crippen LogP contribution >= 0.6 is 11.3 Å². The van der Waals surface area contributed by atoms with E-state index >= 15 is 0 Å². The second kappa shape index (κ2) is 3.67. The van der Waals surface area contributed by atoms with Crippen LogP contribution < -0.4 is 11.3 Å². The highest BCUT2D eigenvalue weighted by Gasteiger charge is 2.12. The topological polar surface area (TPSA) is 89.1 Å². The molecule has 0 unspecified atom stereocenters. The molecule has 18 heavy (non-hydrogen) atoms. The average molecular weight is 261 g/mol. The summed E-state index contributed by atoms with van der Waals surface area (Å²) in [5.74, 6) is 0.991. The van der Waals surface area contributed by atoms with Crippen LogP contribution in [0.2, 0.25) is 0 Å². The standard InChI is InChI=1S/C11H11N5OS/c1-5-3-7(12)18-9(5)10-14-11-13-6(2)4-8(17)16(11)15-10/h3-4H,12H2,1-2H3,(H,13,14,15). The van der Waals surface area contributed by atoms with Gasteiger partial charge < -0.3 is 5.73 Å². The first kappa shape index (κ1) is 11.0. The van der Waals surface area contributed by atoms with E-state index in [1.54, 1.807) is 6.92 Å². The lowest BCUT2D eigenvalue weighted by molar-refractivity contribution is 0.892. The Balaban J connectivity index is 2.29. The largest absolute Gasteiger partial charge is 0.391 e. The number of fused-ring (bicyclic) bond motifs is 1. The van der Waals surface area contributed by atoms with Crippen molar-refractivity contribution in [3.63, 3.8) is 0 Å². The van der Waals surface area contributed by atoms with Crippen LogP contribution in [0, 0.1) is 13.8 Å². The average Bonchev–Trinajstić information content (AvgIpc) is 2.81. The Kier molecular flexibility index (Phi) is 2.24. The molecule has 0 fully saturated rings. The second-order valence-corrected chi connectivity index (χ2v) is 5.19. The lowest BCUT2D eigenvalue weighted by atomic mass is 10.3. The molecule has 0 atom stereocenters. The SMILES string of the molecule is Cc1cc(=O)n2[nH]c(-c3sc(N)cc3C)nc2n1. The highest BCUT2D eigenvalue weighted by atomic mass is 32.1. The molecule has 3 rings (SSSR count). The monoisotopic (exact) mass is 261 g/mol. The summed E-state index contributed by atoms with van der Waals surface area (Å²) in [7, 11) is 0. The maximum atomic E-state index is 11.8. The predicted molar refractivity (Wildman–Crippen MR) is 70.8 cm³/mol. The van der Waals surface area contributed by atoms with Crippen molar-refractivity contribution in [2.75, 3.05) is 5.73 Å². The summed E-state index contributed by atoms with van der Waals surface area (Å²) in [5, 5.41) is 3.67. The van der Waals surface area contributed by atoms with Gasteiger partial charge in [-0.3, -0.25) is 9.89 Å². The zero-order valence-corrected chi connectivity index (χ0v) is 10.7. The summed E-state index contributed by atoms with van der Waals surface area (Å²) >= 11 is 1.43. The van der Waals surface area contributed by atoms with Gasteiger partial charge in [-0.2, -0.15) is 9.50 Å². The van der Waals surface area contributed by atoms with Crippen LogP contribution in [0.4, 0.5) is 5.00 Å². The van der Waals surface area contributed by atoms with Crippen molar-refractivity contribution in [3.8, 4) is 10.7 Å². The molecule has 0 aliphatic heterocycles. The van der Waals surface area contributed by atoms with Gasteiger partial charge in [-0.05, 0) is 25.5 Å². The van der Waals surface area contributed by atoms with Crippen LogP contribution in [-0.2, 0) is 0 Å². The predicted octanol–water partition coefficient (Wildman–Crippen LogP) is 1.35. The van der Waals surface area contributed by atoms with Crippen molar-refractivity contribution in [2.24, 2.45) is 0 Å². The van der Waals surface area contributed by atoms with Gasteiger partial charge in [0.1, 0.15) is 0 Å². The first-order chi connectivity index (χ1) is 8.54. The molecule has 3 heterocycles. The van der Waals surface area contributed by atoms with Crippen molar-refractivity contribution < 1.29 is 0 Å². The van der Waals surface area contributed by atoms with Gasteiger partial charge in [0.2, 0.25) is 0 Å². The molecule has 0 saturated carbocycles. The fraction of sp³-hybridized carbons (Fsp3) is 0.182. The van der Waals surface area contributed by atoms with Crippen molar-refractivity contribution >= 4 is 22.1 Å². The molecule has 92 valence electrons.